The molecule has 1 heterocycles. The van der Waals surface area contributed by atoms with E-state index in [-0.39, 0.29) is 6.17 Å². The lowest BCUT2D eigenvalue weighted by molar-refractivity contribution is -0.148. The first-order valence-corrected chi connectivity index (χ1v) is 12.5. The minimum Gasteiger partial charge on any atom is -0.480 e. The number of aliphatic carboxylic acids is 1. The Morgan fingerprint density at radius 1 is 0.897 bits per heavy atom. The topological polar surface area (TPSA) is 72.8 Å². The van der Waals surface area contributed by atoms with Gasteiger partial charge in [-0.05, 0) is 13.3 Å². The molecule has 5 heteroatoms. The van der Waals surface area contributed by atoms with Gasteiger partial charge in [-0.2, -0.15) is 0 Å². The Morgan fingerprint density at radius 2 is 1.34 bits per heavy atom. The first-order valence-electron chi connectivity index (χ1n) is 12.5. The van der Waals surface area contributed by atoms with E-state index in [2.05, 4.69) is 12.2 Å². The molecule has 0 radical (unpaired) electrons. The first-order chi connectivity index (χ1) is 14.1. The van der Waals surface area contributed by atoms with Crippen molar-refractivity contribution in [3.8, 4) is 0 Å². The number of carboxylic acids is 1. The van der Waals surface area contributed by atoms with Crippen LogP contribution < -0.4 is 5.32 Å². The summed E-state index contributed by atoms with van der Waals surface area (Å²) in [6, 6.07) is -0.800. The number of nitrogens with one attached hydrogen (secondary N) is 1. The van der Waals surface area contributed by atoms with Crippen LogP contribution in [0.25, 0.3) is 0 Å². The average molecular weight is 413 g/mol. The summed E-state index contributed by atoms with van der Waals surface area (Å²) in [4.78, 5) is 13.4. The van der Waals surface area contributed by atoms with Crippen LogP contribution in [0.2, 0.25) is 0 Å². The lowest BCUT2D eigenvalue weighted by Gasteiger charge is -2.31. The minimum absolute atomic E-state index is 0.0904. The number of nitrogens with zero attached hydrogens (tertiary/aromatic N) is 1. The summed E-state index contributed by atoms with van der Waals surface area (Å²) in [6.45, 7) is 5.35. The van der Waals surface area contributed by atoms with Crippen molar-refractivity contribution in [1.29, 1.82) is 0 Å². The molecule has 0 amide bonds. The number of aliphatic hydroxyl groups is 1. The van der Waals surface area contributed by atoms with Crippen molar-refractivity contribution in [3.63, 3.8) is 0 Å². The third kappa shape index (κ3) is 12.0. The zero-order valence-electron chi connectivity index (χ0n) is 19.2. The Balaban J connectivity index is 1.95. The number of carboxylic acid groups (broad SMARTS) is 1. The Bertz CT molecular complexity index is 404. The smallest absolute Gasteiger partial charge is 0.323 e. The average Bonchev–Trinajstić information content (AvgIpc) is 3.12. The molecule has 1 fully saturated rings. The van der Waals surface area contributed by atoms with Crippen molar-refractivity contribution in [3.05, 3.63) is 0 Å². The van der Waals surface area contributed by atoms with E-state index < -0.39 is 18.1 Å². The molecule has 0 spiro atoms. The summed E-state index contributed by atoms with van der Waals surface area (Å²) in [5.41, 5.74) is 0. The van der Waals surface area contributed by atoms with Crippen LogP contribution in [0.1, 0.15) is 117 Å². The van der Waals surface area contributed by atoms with Gasteiger partial charge < -0.3 is 15.5 Å². The van der Waals surface area contributed by atoms with E-state index in [1.165, 1.54) is 89.9 Å². The van der Waals surface area contributed by atoms with E-state index >= 15 is 0 Å². The molecule has 0 bridgehead atoms. The van der Waals surface area contributed by atoms with Crippen LogP contribution in [-0.2, 0) is 4.79 Å². The normalized spacial score (nSPS) is 19.5. The number of rotatable bonds is 19. The summed E-state index contributed by atoms with van der Waals surface area (Å²) < 4.78 is 0. The highest BCUT2D eigenvalue weighted by atomic mass is 16.4. The molecule has 29 heavy (non-hydrogen) atoms. The Morgan fingerprint density at radius 3 is 1.76 bits per heavy atom. The maximum atomic E-state index is 11.5. The molecule has 0 aromatic carbocycles. The van der Waals surface area contributed by atoms with E-state index in [1.807, 2.05) is 4.90 Å². The predicted molar refractivity (Wildman–Crippen MR) is 121 cm³/mol. The summed E-state index contributed by atoms with van der Waals surface area (Å²) in [7, 11) is 0. The third-order valence-electron chi connectivity index (χ3n) is 6.30. The van der Waals surface area contributed by atoms with Crippen molar-refractivity contribution in [1.82, 2.24) is 10.2 Å². The van der Waals surface area contributed by atoms with Crippen molar-refractivity contribution in [2.45, 2.75) is 135 Å². The van der Waals surface area contributed by atoms with E-state index in [1.54, 1.807) is 6.92 Å². The van der Waals surface area contributed by atoms with Crippen molar-refractivity contribution < 1.29 is 15.0 Å². The second-order valence-corrected chi connectivity index (χ2v) is 8.97. The van der Waals surface area contributed by atoms with Crippen LogP contribution in [-0.4, -0.2) is 52.5 Å². The zero-order valence-corrected chi connectivity index (χ0v) is 19.2. The van der Waals surface area contributed by atoms with Crippen molar-refractivity contribution in [2.75, 3.05) is 13.1 Å². The molecular weight excluding hydrogens is 364 g/mol. The number of hydrogen-bond donors (Lipinski definition) is 3. The summed E-state index contributed by atoms with van der Waals surface area (Å²) in [6.07, 6.45) is 20.5. The largest absolute Gasteiger partial charge is 0.480 e. The van der Waals surface area contributed by atoms with Gasteiger partial charge in [0.1, 0.15) is 6.04 Å². The lowest BCUT2D eigenvalue weighted by Crippen LogP contribution is -2.51. The Labute approximate surface area is 179 Å². The van der Waals surface area contributed by atoms with Gasteiger partial charge in [-0.15, -0.1) is 0 Å². The Hall–Kier alpha value is -0.650. The maximum absolute atomic E-state index is 11.5. The molecule has 0 aromatic heterocycles. The summed E-state index contributed by atoms with van der Waals surface area (Å²) in [5, 5.41) is 22.6. The SMILES string of the molecule is CCCCCCCCCCCCCCCCCC1NCCN1C(C(=O)O)C(C)O. The van der Waals surface area contributed by atoms with Gasteiger partial charge in [0, 0.05) is 13.1 Å². The van der Waals surface area contributed by atoms with Crippen LogP contribution in [0.5, 0.6) is 0 Å². The number of hydrogen-bond acceptors (Lipinski definition) is 4. The fourth-order valence-electron chi connectivity index (χ4n) is 4.57. The molecule has 0 saturated carbocycles. The van der Waals surface area contributed by atoms with Gasteiger partial charge in [-0.1, -0.05) is 103 Å². The van der Waals surface area contributed by atoms with Gasteiger partial charge in [-0.3, -0.25) is 9.69 Å². The molecule has 1 saturated heterocycles. The molecule has 5 nitrogen and oxygen atoms in total. The van der Waals surface area contributed by atoms with Crippen LogP contribution in [0.3, 0.4) is 0 Å². The van der Waals surface area contributed by atoms with Crippen LogP contribution in [0, 0.1) is 0 Å². The molecule has 172 valence electrons. The highest BCUT2D eigenvalue weighted by Crippen LogP contribution is 2.19. The highest BCUT2D eigenvalue weighted by Gasteiger charge is 2.37. The summed E-state index contributed by atoms with van der Waals surface area (Å²) >= 11 is 0. The van der Waals surface area contributed by atoms with E-state index in [9.17, 15) is 15.0 Å². The second-order valence-electron chi connectivity index (χ2n) is 8.97. The van der Waals surface area contributed by atoms with E-state index in [0.29, 0.717) is 6.54 Å². The Kier molecular flexibility index (Phi) is 15.5. The molecule has 3 unspecified atom stereocenters. The molecular formula is C24H48N2O3. The minimum atomic E-state index is -0.926. The number of aliphatic hydroxyl groups excluding tert-OH is 1. The lowest BCUT2D eigenvalue weighted by atomic mass is 10.0. The fraction of sp³-hybridized carbons (Fsp3) is 0.958. The van der Waals surface area contributed by atoms with Crippen LogP contribution in [0.4, 0.5) is 0 Å². The number of carbonyl (C=O) groups is 1. The first kappa shape index (κ1) is 26.4. The van der Waals surface area contributed by atoms with Crippen molar-refractivity contribution >= 4 is 5.97 Å². The van der Waals surface area contributed by atoms with Gasteiger partial charge in [0.2, 0.25) is 0 Å². The molecule has 0 aromatic rings. The fourth-order valence-corrected chi connectivity index (χ4v) is 4.57. The molecule has 3 N–H and O–H groups in total. The highest BCUT2D eigenvalue weighted by molar-refractivity contribution is 5.74. The second kappa shape index (κ2) is 17.1. The monoisotopic (exact) mass is 412 g/mol. The summed E-state index contributed by atoms with van der Waals surface area (Å²) in [5.74, 6) is -0.926. The quantitative estimate of drug-likeness (QED) is 0.251. The van der Waals surface area contributed by atoms with E-state index in [0.717, 1.165) is 19.4 Å². The van der Waals surface area contributed by atoms with Gasteiger partial charge in [0.05, 0.1) is 12.3 Å². The molecule has 1 rings (SSSR count). The van der Waals surface area contributed by atoms with Gasteiger partial charge in [0.25, 0.3) is 0 Å². The predicted octanol–water partition coefficient (Wildman–Crippen LogP) is 5.31. The van der Waals surface area contributed by atoms with Crippen molar-refractivity contribution in [2.24, 2.45) is 0 Å². The molecule has 1 aliphatic heterocycles. The van der Waals surface area contributed by atoms with Crippen LogP contribution in [0.15, 0.2) is 0 Å². The van der Waals surface area contributed by atoms with Gasteiger partial charge in [0.15, 0.2) is 0 Å². The zero-order chi connectivity index (χ0) is 21.3. The molecule has 3 atom stereocenters. The molecule has 1 aliphatic rings. The maximum Gasteiger partial charge on any atom is 0.323 e. The molecule has 0 aliphatic carbocycles. The standard InChI is InChI=1S/C24H48N2O3/c1-3-4-5-6-7-8-9-10-11-12-13-14-15-16-17-18-22-25-19-20-26(22)23(21(2)27)24(28)29/h21-23,25,27H,3-20H2,1-2H3,(H,28,29). The van der Waals surface area contributed by atoms with Gasteiger partial charge in [-0.25, -0.2) is 0 Å². The third-order valence-corrected chi connectivity index (χ3v) is 6.30. The van der Waals surface area contributed by atoms with E-state index in [4.69, 9.17) is 0 Å². The van der Waals surface area contributed by atoms with Gasteiger partial charge >= 0.3 is 5.97 Å². The van der Waals surface area contributed by atoms with Crippen LogP contribution >= 0.6 is 0 Å². The number of unbranched alkanes of at least 4 members (excludes halogenated alkanes) is 14.